The smallest absolute Gasteiger partial charge is 0.327 e. The third-order valence-corrected chi connectivity index (χ3v) is 9.14. The first kappa shape index (κ1) is 41.3. The first-order valence-electron chi connectivity index (χ1n) is 18.7. The molecule has 0 heterocycles. The zero-order chi connectivity index (χ0) is 29.9. The summed E-state index contributed by atoms with van der Waals surface area (Å²) in [6, 6.07) is 0. The van der Waals surface area contributed by atoms with Gasteiger partial charge < -0.3 is 19.2 Å². The summed E-state index contributed by atoms with van der Waals surface area (Å²) in [4.78, 5) is 20.2. The Morgan fingerprint density at radius 1 is 0.366 bits per heavy atom. The molecule has 0 radical (unpaired) electrons. The van der Waals surface area contributed by atoms with Crippen molar-refractivity contribution in [2.45, 2.75) is 206 Å². The maximum absolute atomic E-state index is 8.71. The lowest BCUT2D eigenvalue weighted by Gasteiger charge is -2.22. The normalized spacial score (nSPS) is 11.9. The Hall–Kier alpha value is 0.270. The molecule has 0 aliphatic rings. The van der Waals surface area contributed by atoms with E-state index in [2.05, 4.69) is 18.7 Å². The predicted molar refractivity (Wildman–Crippen MR) is 184 cm³/mol. The van der Waals surface area contributed by atoms with Crippen molar-refractivity contribution in [2.24, 2.45) is 0 Å². The summed E-state index contributed by atoms with van der Waals surface area (Å²) in [5.74, 6) is 0. The fraction of sp³-hybridized carbons (Fsp3) is 1.00. The number of rotatable bonds is 36. The van der Waals surface area contributed by atoms with Crippen LogP contribution in [-0.4, -0.2) is 40.9 Å². The molecule has 2 N–H and O–H groups in total. The van der Waals surface area contributed by atoms with Crippen LogP contribution in [0.5, 0.6) is 0 Å². The molecule has 0 unspecified atom stereocenters. The molecule has 0 aromatic rings. The number of nitrogens with zero attached hydrogens (tertiary/aromatic N) is 1. The molecule has 4 nitrogen and oxygen atoms in total. The molecule has 0 saturated carbocycles. The third kappa shape index (κ3) is 36.4. The van der Waals surface area contributed by atoms with Gasteiger partial charge in [-0.15, -0.1) is 0 Å². The Labute approximate surface area is 260 Å². The summed E-state index contributed by atoms with van der Waals surface area (Å²) >= 11 is 0. The molecule has 0 aliphatic carbocycles. The van der Waals surface area contributed by atoms with Crippen LogP contribution in [0.1, 0.15) is 206 Å². The van der Waals surface area contributed by atoms with Crippen LogP contribution >= 0.6 is 8.60 Å². The summed E-state index contributed by atoms with van der Waals surface area (Å²) in [5, 5.41) is 0. The van der Waals surface area contributed by atoms with Crippen LogP contribution in [0.4, 0.5) is 0 Å². The molecule has 0 amide bonds. The second-order valence-electron chi connectivity index (χ2n) is 12.8. The van der Waals surface area contributed by atoms with Crippen LogP contribution in [0.2, 0.25) is 0 Å². The first-order valence-corrected chi connectivity index (χ1v) is 19.9. The van der Waals surface area contributed by atoms with E-state index in [0.29, 0.717) is 6.61 Å². The monoisotopic (exact) mass is 602 g/mol. The molecule has 41 heavy (non-hydrogen) atoms. The summed E-state index contributed by atoms with van der Waals surface area (Å²) in [6.07, 6.45) is 41.6. The van der Waals surface area contributed by atoms with Crippen molar-refractivity contribution in [3.63, 3.8) is 0 Å². The Morgan fingerprint density at radius 2 is 0.610 bits per heavy atom. The second kappa shape index (κ2) is 36.5. The highest BCUT2D eigenvalue weighted by Crippen LogP contribution is 2.24. The van der Waals surface area contributed by atoms with Crippen LogP contribution in [0.3, 0.4) is 0 Å². The van der Waals surface area contributed by atoms with Gasteiger partial charge in [-0.1, -0.05) is 181 Å². The summed E-state index contributed by atoms with van der Waals surface area (Å²) < 4.78 is 4.81. The lowest BCUT2D eigenvalue weighted by molar-refractivity contribution is 0.248. The quantitative estimate of drug-likeness (QED) is 0.0554. The highest BCUT2D eigenvalue weighted by Gasteiger charge is 2.05. The summed E-state index contributed by atoms with van der Waals surface area (Å²) in [5.41, 5.74) is 0. The summed E-state index contributed by atoms with van der Waals surface area (Å²) in [6.45, 7) is 9.12. The lowest BCUT2D eigenvalue weighted by atomic mass is 10.0. The molecule has 0 fully saturated rings. The first-order chi connectivity index (χ1) is 20.2. The third-order valence-electron chi connectivity index (χ3n) is 8.73. The minimum atomic E-state index is -2.16. The van der Waals surface area contributed by atoms with Crippen molar-refractivity contribution in [1.29, 1.82) is 0 Å². The van der Waals surface area contributed by atoms with Gasteiger partial charge in [-0.2, -0.15) is 0 Å². The van der Waals surface area contributed by atoms with E-state index in [1.165, 1.54) is 199 Å². The fourth-order valence-corrected chi connectivity index (χ4v) is 6.27. The van der Waals surface area contributed by atoms with Crippen molar-refractivity contribution >= 4 is 8.60 Å². The molecule has 0 rings (SSSR count). The van der Waals surface area contributed by atoms with Gasteiger partial charge in [0.2, 0.25) is 0 Å². The van der Waals surface area contributed by atoms with Crippen LogP contribution in [0.15, 0.2) is 0 Å². The molecule has 248 valence electrons. The largest absolute Gasteiger partial charge is 0.328 e. The molecule has 0 aliphatic heterocycles. The van der Waals surface area contributed by atoms with E-state index < -0.39 is 8.60 Å². The van der Waals surface area contributed by atoms with Gasteiger partial charge in [0, 0.05) is 0 Å². The number of hydrogen-bond acceptors (Lipinski definition) is 4. The maximum Gasteiger partial charge on any atom is 0.327 e. The van der Waals surface area contributed by atoms with Gasteiger partial charge in [0.25, 0.3) is 0 Å². The van der Waals surface area contributed by atoms with E-state index in [-0.39, 0.29) is 0 Å². The number of hydrogen-bond donors (Lipinski definition) is 2. The van der Waals surface area contributed by atoms with Gasteiger partial charge in [-0.05, 0) is 45.3 Å². The van der Waals surface area contributed by atoms with Gasteiger partial charge in [0.15, 0.2) is 0 Å². The molecular weight excluding hydrogens is 525 g/mol. The molecule has 0 aromatic carbocycles. The van der Waals surface area contributed by atoms with Crippen LogP contribution in [-0.2, 0) is 4.52 Å². The van der Waals surface area contributed by atoms with E-state index in [0.717, 1.165) is 12.8 Å². The van der Waals surface area contributed by atoms with Crippen molar-refractivity contribution < 1.29 is 14.3 Å². The SMILES string of the molecule is CCCCCCCCCCN(CCCCCCCCCC)CCCCCCCCCCCCCCCCOP(O)O. The average Bonchev–Trinajstić information content (AvgIpc) is 2.96. The van der Waals surface area contributed by atoms with Gasteiger partial charge in [-0.25, -0.2) is 0 Å². The molecule has 5 heteroatoms. The Balaban J connectivity index is 3.72. The number of unbranched alkanes of at least 4 members (excludes halogenated alkanes) is 27. The van der Waals surface area contributed by atoms with Crippen molar-refractivity contribution in [3.05, 3.63) is 0 Å². The van der Waals surface area contributed by atoms with E-state index in [4.69, 9.17) is 14.3 Å². The predicted octanol–water partition coefficient (Wildman–Crippen LogP) is 12.3. The summed E-state index contributed by atoms with van der Waals surface area (Å²) in [7, 11) is -2.16. The molecule has 0 saturated heterocycles. The Kier molecular flexibility index (Phi) is 36.7. The molecule has 0 aromatic heterocycles. The van der Waals surface area contributed by atoms with E-state index >= 15 is 0 Å². The molecular formula is C36H76NO3P. The van der Waals surface area contributed by atoms with Gasteiger partial charge in [-0.3, -0.25) is 0 Å². The molecule has 0 bridgehead atoms. The Morgan fingerprint density at radius 3 is 0.878 bits per heavy atom. The Bertz CT molecular complexity index is 446. The average molecular weight is 602 g/mol. The highest BCUT2D eigenvalue weighted by molar-refractivity contribution is 7.39. The van der Waals surface area contributed by atoms with E-state index in [1.54, 1.807) is 0 Å². The highest BCUT2D eigenvalue weighted by atomic mass is 31.2. The van der Waals surface area contributed by atoms with Crippen LogP contribution < -0.4 is 0 Å². The van der Waals surface area contributed by atoms with E-state index in [1.807, 2.05) is 0 Å². The standard InChI is InChI=1S/C36H76NO3P/c1-3-5-7-9-11-21-25-29-33-37(34-30-26-22-12-10-8-6-4-2)35-31-27-23-19-17-15-13-14-16-18-20-24-28-32-36-40-41(38)39/h38-39H,3-36H2,1-2H3. The van der Waals surface area contributed by atoms with E-state index in [9.17, 15) is 0 Å². The van der Waals surface area contributed by atoms with Gasteiger partial charge in [0.1, 0.15) is 0 Å². The van der Waals surface area contributed by atoms with Crippen LogP contribution in [0.25, 0.3) is 0 Å². The zero-order valence-electron chi connectivity index (χ0n) is 28.2. The zero-order valence-corrected chi connectivity index (χ0v) is 29.1. The van der Waals surface area contributed by atoms with Gasteiger partial charge in [0.05, 0.1) is 6.61 Å². The van der Waals surface area contributed by atoms with Crippen molar-refractivity contribution in [3.8, 4) is 0 Å². The van der Waals surface area contributed by atoms with Gasteiger partial charge >= 0.3 is 8.60 Å². The van der Waals surface area contributed by atoms with Crippen molar-refractivity contribution in [1.82, 2.24) is 4.90 Å². The fourth-order valence-electron chi connectivity index (χ4n) is 5.98. The lowest BCUT2D eigenvalue weighted by Crippen LogP contribution is -2.27. The van der Waals surface area contributed by atoms with Crippen molar-refractivity contribution in [2.75, 3.05) is 26.2 Å². The minimum Gasteiger partial charge on any atom is -0.328 e. The second-order valence-corrected chi connectivity index (χ2v) is 13.6. The topological polar surface area (TPSA) is 52.9 Å². The molecule has 0 atom stereocenters. The van der Waals surface area contributed by atoms with Crippen LogP contribution in [0, 0.1) is 0 Å². The molecule has 0 spiro atoms. The minimum absolute atomic E-state index is 0.482. The maximum atomic E-state index is 8.71.